The van der Waals surface area contributed by atoms with Crippen molar-refractivity contribution in [2.24, 2.45) is 0 Å². The van der Waals surface area contributed by atoms with E-state index in [0.717, 1.165) is 5.56 Å². The Balaban J connectivity index is 3.07. The van der Waals surface area contributed by atoms with Gasteiger partial charge in [0.2, 0.25) is 0 Å². The van der Waals surface area contributed by atoms with Crippen molar-refractivity contribution in [2.45, 2.75) is 6.92 Å². The van der Waals surface area contributed by atoms with Crippen LogP contribution >= 0.6 is 23.0 Å². The lowest BCUT2D eigenvalue weighted by Gasteiger charge is -1.98. The molecule has 0 aromatic heterocycles. The molecule has 0 fully saturated rings. The third-order valence-electron chi connectivity index (χ3n) is 1.17. The predicted molar refractivity (Wildman–Crippen MR) is 45.8 cm³/mol. The zero-order chi connectivity index (χ0) is 7.56. The number of aryl methyl sites for hydroxylation is 1. The van der Waals surface area contributed by atoms with Crippen LogP contribution in [0.15, 0.2) is 18.2 Å². The predicted octanol–water partition coefficient (Wildman–Crippen LogP) is 2.86. The molecule has 0 bridgehead atoms. The molecule has 0 aliphatic rings. The van der Waals surface area contributed by atoms with E-state index in [1.165, 1.54) is 6.07 Å². The summed E-state index contributed by atoms with van der Waals surface area (Å²) in [6, 6.07) is 4.85. The van der Waals surface area contributed by atoms with Crippen LogP contribution in [-0.4, -0.2) is 0 Å². The summed E-state index contributed by atoms with van der Waals surface area (Å²) >= 11 is 1.65. The molecule has 54 valence electrons. The van der Waals surface area contributed by atoms with Gasteiger partial charge in [-0.1, -0.05) is 6.07 Å². The van der Waals surface area contributed by atoms with Crippen LogP contribution in [0.25, 0.3) is 0 Å². The van der Waals surface area contributed by atoms with Gasteiger partial charge in [-0.15, -0.1) is 0 Å². The molecular weight excluding hydrogens is 246 g/mol. The fraction of sp³-hybridized carbons (Fsp3) is 0.143. The third-order valence-corrected chi connectivity index (χ3v) is 1.64. The molecule has 1 rings (SSSR count). The maximum Gasteiger partial charge on any atom is 0.192 e. The second-order valence-corrected chi connectivity index (χ2v) is 2.45. The highest BCUT2D eigenvalue weighted by molar-refractivity contribution is 14.1. The van der Waals surface area contributed by atoms with Crippen molar-refractivity contribution in [3.05, 3.63) is 29.6 Å². The van der Waals surface area contributed by atoms with E-state index in [9.17, 15) is 4.39 Å². The zero-order valence-electron chi connectivity index (χ0n) is 5.40. The van der Waals surface area contributed by atoms with Crippen LogP contribution in [0, 0.1) is 12.7 Å². The van der Waals surface area contributed by atoms with Crippen LogP contribution in [0.2, 0.25) is 0 Å². The molecule has 0 N–H and O–H groups in total. The van der Waals surface area contributed by atoms with Crippen molar-refractivity contribution in [3.63, 3.8) is 0 Å². The van der Waals surface area contributed by atoms with Gasteiger partial charge in [0.05, 0.1) is 0 Å². The first-order valence-corrected chi connectivity index (χ1v) is 3.67. The van der Waals surface area contributed by atoms with Crippen molar-refractivity contribution in [1.82, 2.24) is 0 Å². The summed E-state index contributed by atoms with van der Waals surface area (Å²) in [5.41, 5.74) is 0.898. The van der Waals surface area contributed by atoms with Crippen molar-refractivity contribution in [1.29, 1.82) is 0 Å². The van der Waals surface area contributed by atoms with Crippen LogP contribution in [0.5, 0.6) is 5.75 Å². The molecule has 0 heterocycles. The summed E-state index contributed by atoms with van der Waals surface area (Å²) in [5, 5.41) is 0. The summed E-state index contributed by atoms with van der Waals surface area (Å²) in [4.78, 5) is 0. The molecule has 0 aliphatic heterocycles. The lowest BCUT2D eigenvalue weighted by molar-refractivity contribution is 0.566. The molecule has 1 aromatic rings. The largest absolute Gasteiger partial charge is 0.425 e. The number of rotatable bonds is 1. The van der Waals surface area contributed by atoms with Gasteiger partial charge in [0, 0.05) is 0 Å². The molecule has 0 radical (unpaired) electrons. The highest BCUT2D eigenvalue weighted by Crippen LogP contribution is 2.19. The van der Waals surface area contributed by atoms with Crippen LogP contribution < -0.4 is 3.07 Å². The van der Waals surface area contributed by atoms with E-state index < -0.39 is 0 Å². The van der Waals surface area contributed by atoms with Crippen molar-refractivity contribution >= 4 is 23.0 Å². The molecule has 0 amide bonds. The van der Waals surface area contributed by atoms with E-state index in [1.807, 2.05) is 6.92 Å². The van der Waals surface area contributed by atoms with Gasteiger partial charge in [-0.2, -0.15) is 0 Å². The Hall–Kier alpha value is -0.320. The van der Waals surface area contributed by atoms with Crippen LogP contribution in [0.1, 0.15) is 5.56 Å². The standard InChI is InChI=1S/C7H6FIO/c1-5-2-3-7(10-9)6(8)4-5/h2-4H,1H3. The Kier molecular flexibility index (Phi) is 2.48. The van der Waals surface area contributed by atoms with Gasteiger partial charge < -0.3 is 3.07 Å². The summed E-state index contributed by atoms with van der Waals surface area (Å²) in [5.74, 6) is -0.0272. The monoisotopic (exact) mass is 252 g/mol. The minimum atomic E-state index is -0.311. The van der Waals surface area contributed by atoms with Crippen molar-refractivity contribution in [3.8, 4) is 5.75 Å². The van der Waals surface area contributed by atoms with Crippen LogP contribution in [0.3, 0.4) is 0 Å². The quantitative estimate of drug-likeness (QED) is 0.698. The first-order valence-electron chi connectivity index (χ1n) is 2.79. The van der Waals surface area contributed by atoms with Gasteiger partial charge in [-0.3, -0.25) is 0 Å². The number of benzene rings is 1. The lowest BCUT2D eigenvalue weighted by atomic mass is 10.2. The van der Waals surface area contributed by atoms with E-state index in [2.05, 4.69) is 0 Å². The molecule has 0 saturated heterocycles. The maximum atomic E-state index is 12.7. The number of hydrogen-bond donors (Lipinski definition) is 0. The minimum Gasteiger partial charge on any atom is -0.425 e. The molecule has 0 unspecified atom stereocenters. The molecule has 0 aliphatic carbocycles. The zero-order valence-corrected chi connectivity index (χ0v) is 7.55. The Labute approximate surface area is 72.9 Å². The van der Waals surface area contributed by atoms with Gasteiger partial charge in [0.25, 0.3) is 0 Å². The summed E-state index contributed by atoms with van der Waals surface area (Å²) in [6.45, 7) is 1.83. The van der Waals surface area contributed by atoms with Crippen LogP contribution in [-0.2, 0) is 0 Å². The fourth-order valence-corrected chi connectivity index (χ4v) is 1.03. The second kappa shape index (κ2) is 3.18. The van der Waals surface area contributed by atoms with Gasteiger partial charge in [0.15, 0.2) is 34.6 Å². The van der Waals surface area contributed by atoms with E-state index in [0.29, 0.717) is 0 Å². The lowest BCUT2D eigenvalue weighted by Crippen LogP contribution is -1.82. The smallest absolute Gasteiger partial charge is 0.192 e. The fourth-order valence-electron chi connectivity index (χ4n) is 0.668. The first kappa shape index (κ1) is 7.78. The molecule has 0 atom stereocenters. The van der Waals surface area contributed by atoms with Gasteiger partial charge >= 0.3 is 0 Å². The summed E-state index contributed by atoms with van der Waals surface area (Å²) < 4.78 is 17.4. The highest BCUT2D eigenvalue weighted by Gasteiger charge is 2.00. The third kappa shape index (κ3) is 1.59. The number of halogens is 2. The molecule has 3 heteroatoms. The Morgan fingerprint density at radius 1 is 1.50 bits per heavy atom. The Bertz CT molecular complexity index is 237. The summed E-state index contributed by atoms with van der Waals surface area (Å²) in [6.07, 6.45) is 0. The van der Waals surface area contributed by atoms with Gasteiger partial charge in [-0.05, 0) is 24.6 Å². The van der Waals surface area contributed by atoms with Gasteiger partial charge in [-0.25, -0.2) is 4.39 Å². The molecule has 10 heavy (non-hydrogen) atoms. The molecule has 0 saturated carbocycles. The SMILES string of the molecule is Cc1ccc(OI)c(F)c1. The average molecular weight is 252 g/mol. The molecule has 0 spiro atoms. The molecule has 1 aromatic carbocycles. The summed E-state index contributed by atoms with van der Waals surface area (Å²) in [7, 11) is 0. The molecular formula is C7H6FIO. The topological polar surface area (TPSA) is 9.23 Å². The van der Waals surface area contributed by atoms with E-state index in [-0.39, 0.29) is 11.6 Å². The van der Waals surface area contributed by atoms with E-state index in [1.54, 1.807) is 35.1 Å². The number of hydrogen-bond acceptors (Lipinski definition) is 1. The van der Waals surface area contributed by atoms with Gasteiger partial charge in [0.1, 0.15) is 0 Å². The van der Waals surface area contributed by atoms with E-state index in [4.69, 9.17) is 3.07 Å². The van der Waals surface area contributed by atoms with Crippen LogP contribution in [0.4, 0.5) is 4.39 Å². The first-order chi connectivity index (χ1) is 4.74. The van der Waals surface area contributed by atoms with Crippen molar-refractivity contribution < 1.29 is 7.46 Å². The Morgan fingerprint density at radius 3 is 2.70 bits per heavy atom. The molecule has 1 nitrogen and oxygen atoms in total. The highest BCUT2D eigenvalue weighted by atomic mass is 127. The van der Waals surface area contributed by atoms with Crippen molar-refractivity contribution in [2.75, 3.05) is 0 Å². The Morgan fingerprint density at radius 2 is 2.20 bits per heavy atom. The normalized spacial score (nSPS) is 9.50. The second-order valence-electron chi connectivity index (χ2n) is 2.01. The van der Waals surface area contributed by atoms with E-state index >= 15 is 0 Å². The minimum absolute atomic E-state index is 0.284. The average Bonchev–Trinajstić information content (AvgIpc) is 1.88. The maximum absolute atomic E-state index is 12.7.